The lowest BCUT2D eigenvalue weighted by atomic mass is 10.3. The second kappa shape index (κ2) is 9.78. The highest BCUT2D eigenvalue weighted by atomic mass is 32.2. The van der Waals surface area contributed by atoms with Gasteiger partial charge in [-0.15, -0.1) is 0 Å². The molecular formula is C13H19F2NO4S. The minimum atomic E-state index is -1.82. The molecule has 0 spiro atoms. The number of benzene rings is 1. The summed E-state index contributed by atoms with van der Waals surface area (Å²) in [6.45, 7) is 1.77. The maximum Gasteiger partial charge on any atom is 0.144 e. The van der Waals surface area contributed by atoms with Crippen molar-refractivity contribution in [3.8, 4) is 0 Å². The summed E-state index contributed by atoms with van der Waals surface area (Å²) in [7, 11) is -0.242. The third kappa shape index (κ3) is 6.47. The summed E-state index contributed by atoms with van der Waals surface area (Å²) < 4.78 is 54.0. The normalized spacial score (nSPS) is 12.5. The molecule has 0 heterocycles. The maximum atomic E-state index is 13.5. The molecule has 0 aliphatic rings. The second-order valence-electron chi connectivity index (χ2n) is 4.08. The molecule has 0 amide bonds. The zero-order valence-electron chi connectivity index (χ0n) is 11.8. The Labute approximate surface area is 124 Å². The molecule has 0 saturated heterocycles. The molecule has 8 heteroatoms. The predicted molar refractivity (Wildman–Crippen MR) is 75.6 cm³/mol. The molecule has 120 valence electrons. The van der Waals surface area contributed by atoms with Crippen LogP contribution in [0.3, 0.4) is 0 Å². The SMILES string of the molecule is COCCOCCOCCS(=O)c1c(F)cc(N)cc1F. The Morgan fingerprint density at radius 2 is 1.57 bits per heavy atom. The molecule has 0 fully saturated rings. The Morgan fingerprint density at radius 1 is 1.05 bits per heavy atom. The molecule has 0 aliphatic carbocycles. The average molecular weight is 323 g/mol. The van der Waals surface area contributed by atoms with Gasteiger partial charge in [-0.05, 0) is 12.1 Å². The zero-order chi connectivity index (χ0) is 15.7. The van der Waals surface area contributed by atoms with E-state index < -0.39 is 27.3 Å². The quantitative estimate of drug-likeness (QED) is 0.520. The zero-order valence-corrected chi connectivity index (χ0v) is 12.6. The summed E-state index contributed by atoms with van der Waals surface area (Å²) in [5.74, 6) is -1.82. The molecule has 1 aromatic rings. The molecule has 21 heavy (non-hydrogen) atoms. The number of anilines is 1. The fraction of sp³-hybridized carbons (Fsp3) is 0.538. The third-order valence-corrected chi connectivity index (χ3v) is 3.85. The minimum absolute atomic E-state index is 0.00414. The fourth-order valence-corrected chi connectivity index (χ4v) is 2.52. The first kappa shape index (κ1) is 18.0. The number of rotatable bonds is 10. The van der Waals surface area contributed by atoms with Crippen LogP contribution in [0.1, 0.15) is 0 Å². The summed E-state index contributed by atoms with van der Waals surface area (Å²) >= 11 is 0. The first-order valence-corrected chi connectivity index (χ1v) is 7.65. The topological polar surface area (TPSA) is 70.8 Å². The van der Waals surface area contributed by atoms with Crippen LogP contribution < -0.4 is 5.73 Å². The number of nitrogens with two attached hydrogens (primary N) is 1. The van der Waals surface area contributed by atoms with E-state index in [1.54, 1.807) is 7.11 Å². The van der Waals surface area contributed by atoms with Crippen LogP contribution in [0.5, 0.6) is 0 Å². The van der Waals surface area contributed by atoms with Gasteiger partial charge in [-0.25, -0.2) is 8.78 Å². The molecule has 0 bridgehead atoms. The van der Waals surface area contributed by atoms with Crippen molar-refractivity contribution in [3.63, 3.8) is 0 Å². The highest BCUT2D eigenvalue weighted by Gasteiger charge is 2.16. The van der Waals surface area contributed by atoms with Crippen LogP contribution >= 0.6 is 0 Å². The van der Waals surface area contributed by atoms with Gasteiger partial charge in [0, 0.05) is 12.8 Å². The van der Waals surface area contributed by atoms with Crippen molar-refractivity contribution in [3.05, 3.63) is 23.8 Å². The van der Waals surface area contributed by atoms with Crippen molar-refractivity contribution in [2.24, 2.45) is 0 Å². The summed E-state index contributed by atoms with van der Waals surface area (Å²) in [4.78, 5) is -0.468. The average Bonchev–Trinajstić information content (AvgIpc) is 2.40. The standard InChI is InChI=1S/C13H19F2NO4S/c1-18-2-3-19-4-5-20-6-7-21(17)13-11(14)8-10(16)9-12(13)15/h8-9H,2-7,16H2,1H3. The fourth-order valence-electron chi connectivity index (χ4n) is 1.50. The van der Waals surface area contributed by atoms with Crippen molar-refractivity contribution in [1.82, 2.24) is 0 Å². The van der Waals surface area contributed by atoms with Crippen molar-refractivity contribution in [1.29, 1.82) is 0 Å². The van der Waals surface area contributed by atoms with Crippen LogP contribution in [0, 0.1) is 11.6 Å². The number of ether oxygens (including phenoxy) is 3. The highest BCUT2D eigenvalue weighted by molar-refractivity contribution is 7.85. The van der Waals surface area contributed by atoms with E-state index in [0.717, 1.165) is 12.1 Å². The van der Waals surface area contributed by atoms with Crippen molar-refractivity contribution >= 4 is 16.5 Å². The van der Waals surface area contributed by atoms with Gasteiger partial charge in [0.25, 0.3) is 0 Å². The first-order valence-electron chi connectivity index (χ1n) is 6.33. The monoisotopic (exact) mass is 323 g/mol. The van der Waals surface area contributed by atoms with E-state index in [4.69, 9.17) is 19.9 Å². The van der Waals surface area contributed by atoms with E-state index >= 15 is 0 Å². The van der Waals surface area contributed by atoms with Gasteiger partial charge in [-0.2, -0.15) is 0 Å². The predicted octanol–water partition coefficient (Wildman–Crippen LogP) is 1.33. The van der Waals surface area contributed by atoms with Crippen LogP contribution in [0.4, 0.5) is 14.5 Å². The molecular weight excluding hydrogens is 304 g/mol. The van der Waals surface area contributed by atoms with Gasteiger partial charge >= 0.3 is 0 Å². The molecule has 0 radical (unpaired) electrons. The molecule has 5 nitrogen and oxygen atoms in total. The molecule has 0 saturated carbocycles. The highest BCUT2D eigenvalue weighted by Crippen LogP contribution is 2.20. The lowest BCUT2D eigenvalue weighted by Crippen LogP contribution is -2.13. The van der Waals surface area contributed by atoms with Crippen LogP contribution in [-0.4, -0.2) is 50.1 Å². The first-order chi connectivity index (χ1) is 10.1. The Morgan fingerprint density at radius 3 is 2.14 bits per heavy atom. The number of hydrogen-bond donors (Lipinski definition) is 1. The van der Waals surface area contributed by atoms with Crippen LogP contribution in [-0.2, 0) is 25.0 Å². The molecule has 2 N–H and O–H groups in total. The summed E-state index contributed by atoms with van der Waals surface area (Å²) in [5.41, 5.74) is 5.25. The van der Waals surface area contributed by atoms with E-state index in [0.29, 0.717) is 26.4 Å². The summed E-state index contributed by atoms with van der Waals surface area (Å²) in [6, 6.07) is 1.89. The van der Waals surface area contributed by atoms with Gasteiger partial charge in [-0.3, -0.25) is 4.21 Å². The Hall–Kier alpha value is -1.09. The van der Waals surface area contributed by atoms with E-state index in [1.165, 1.54) is 0 Å². The third-order valence-electron chi connectivity index (χ3n) is 2.47. The summed E-state index contributed by atoms with van der Waals surface area (Å²) in [5, 5.41) is 0. The Bertz CT molecular complexity index is 450. The lowest BCUT2D eigenvalue weighted by Gasteiger charge is -2.07. The number of halogens is 2. The summed E-state index contributed by atoms with van der Waals surface area (Å²) in [6.07, 6.45) is 0. The molecule has 1 rings (SSSR count). The maximum absolute atomic E-state index is 13.5. The molecule has 1 unspecified atom stereocenters. The van der Waals surface area contributed by atoms with Crippen LogP contribution in [0.15, 0.2) is 17.0 Å². The van der Waals surface area contributed by atoms with Crippen LogP contribution in [0.25, 0.3) is 0 Å². The van der Waals surface area contributed by atoms with Gasteiger partial charge in [0.15, 0.2) is 0 Å². The van der Waals surface area contributed by atoms with Crippen molar-refractivity contribution in [2.75, 3.05) is 51.6 Å². The number of hydrogen-bond acceptors (Lipinski definition) is 5. The molecule has 0 aromatic heterocycles. The number of nitrogen functional groups attached to an aromatic ring is 1. The molecule has 0 aliphatic heterocycles. The number of methoxy groups -OCH3 is 1. The van der Waals surface area contributed by atoms with E-state index in [1.807, 2.05) is 0 Å². The van der Waals surface area contributed by atoms with Crippen LogP contribution in [0.2, 0.25) is 0 Å². The van der Waals surface area contributed by atoms with E-state index in [9.17, 15) is 13.0 Å². The van der Waals surface area contributed by atoms with Gasteiger partial charge in [0.2, 0.25) is 0 Å². The van der Waals surface area contributed by atoms with Gasteiger partial charge in [0.05, 0.1) is 49.6 Å². The minimum Gasteiger partial charge on any atom is -0.399 e. The van der Waals surface area contributed by atoms with Gasteiger partial charge < -0.3 is 19.9 Å². The van der Waals surface area contributed by atoms with Gasteiger partial charge in [-0.1, -0.05) is 0 Å². The molecule has 1 atom stereocenters. The van der Waals surface area contributed by atoms with Gasteiger partial charge in [0.1, 0.15) is 16.5 Å². The van der Waals surface area contributed by atoms with E-state index in [2.05, 4.69) is 0 Å². The van der Waals surface area contributed by atoms with E-state index in [-0.39, 0.29) is 18.0 Å². The largest absolute Gasteiger partial charge is 0.399 e. The smallest absolute Gasteiger partial charge is 0.144 e. The van der Waals surface area contributed by atoms with Crippen molar-refractivity contribution in [2.45, 2.75) is 4.90 Å². The Kier molecular flexibility index (Phi) is 8.36. The molecule has 1 aromatic carbocycles. The second-order valence-corrected chi connectivity index (χ2v) is 5.59. The Balaban J connectivity index is 2.29. The van der Waals surface area contributed by atoms with Crippen molar-refractivity contribution < 1.29 is 27.2 Å². The lowest BCUT2D eigenvalue weighted by molar-refractivity contribution is 0.0285.